The van der Waals surface area contributed by atoms with Crippen molar-refractivity contribution in [3.8, 4) is 11.3 Å². The first-order chi connectivity index (χ1) is 7.18. The van der Waals surface area contributed by atoms with Crippen LogP contribution in [0.2, 0.25) is 0 Å². The molecular weight excluding hydrogens is 206 g/mol. The summed E-state index contributed by atoms with van der Waals surface area (Å²) >= 11 is 1.65. The fraction of sp³-hybridized carbons (Fsp3) is 0.273. The molecule has 4 heteroatoms. The fourth-order valence-electron chi connectivity index (χ4n) is 1.38. The van der Waals surface area contributed by atoms with Crippen LogP contribution in [0, 0.1) is 6.92 Å². The molecule has 0 fully saturated rings. The van der Waals surface area contributed by atoms with Gasteiger partial charge in [0.1, 0.15) is 5.01 Å². The second kappa shape index (κ2) is 4.08. The van der Waals surface area contributed by atoms with Crippen LogP contribution in [0.1, 0.15) is 22.9 Å². The maximum Gasteiger partial charge on any atom is 0.110 e. The van der Waals surface area contributed by atoms with Crippen molar-refractivity contribution in [3.05, 3.63) is 34.4 Å². The van der Waals surface area contributed by atoms with Gasteiger partial charge in [-0.25, -0.2) is 4.98 Å². The summed E-state index contributed by atoms with van der Waals surface area (Å²) in [6.07, 6.45) is 3.59. The highest BCUT2D eigenvalue weighted by atomic mass is 32.1. The van der Waals surface area contributed by atoms with Gasteiger partial charge in [-0.1, -0.05) is 0 Å². The molecule has 2 N–H and O–H groups in total. The molecular formula is C11H13N3S. The van der Waals surface area contributed by atoms with Crippen LogP contribution in [0.15, 0.2) is 24.5 Å². The van der Waals surface area contributed by atoms with Gasteiger partial charge in [0.2, 0.25) is 0 Å². The molecule has 0 aromatic carbocycles. The molecule has 0 amide bonds. The normalized spacial score (nSPS) is 12.7. The van der Waals surface area contributed by atoms with Crippen LogP contribution in [0.25, 0.3) is 11.3 Å². The monoisotopic (exact) mass is 219 g/mol. The molecule has 0 aliphatic rings. The Kier molecular flexibility index (Phi) is 2.79. The quantitative estimate of drug-likeness (QED) is 0.844. The zero-order valence-corrected chi connectivity index (χ0v) is 9.58. The smallest absolute Gasteiger partial charge is 0.110 e. The van der Waals surface area contributed by atoms with Gasteiger partial charge in [0, 0.05) is 22.8 Å². The maximum atomic E-state index is 5.81. The van der Waals surface area contributed by atoms with E-state index in [4.69, 9.17) is 5.73 Å². The highest BCUT2D eigenvalue weighted by Gasteiger charge is 2.11. The minimum atomic E-state index is -0.000813. The zero-order valence-electron chi connectivity index (χ0n) is 8.77. The first kappa shape index (κ1) is 10.3. The molecule has 0 aliphatic carbocycles. The van der Waals surface area contributed by atoms with Crippen molar-refractivity contribution in [2.24, 2.45) is 5.73 Å². The summed E-state index contributed by atoms with van der Waals surface area (Å²) in [6, 6.07) is 3.93. The summed E-state index contributed by atoms with van der Waals surface area (Å²) in [4.78, 5) is 9.81. The highest BCUT2D eigenvalue weighted by Crippen LogP contribution is 2.28. The molecule has 3 nitrogen and oxygen atoms in total. The lowest BCUT2D eigenvalue weighted by molar-refractivity contribution is 0.808. The van der Waals surface area contributed by atoms with Crippen LogP contribution in [-0.2, 0) is 0 Å². The van der Waals surface area contributed by atoms with Crippen molar-refractivity contribution in [1.29, 1.82) is 0 Å². The fourth-order valence-corrected chi connectivity index (χ4v) is 2.28. The van der Waals surface area contributed by atoms with Gasteiger partial charge in [-0.2, -0.15) is 0 Å². The van der Waals surface area contributed by atoms with Gasteiger partial charge in [0.25, 0.3) is 0 Å². The van der Waals surface area contributed by atoms with E-state index in [0.717, 1.165) is 16.3 Å². The largest absolute Gasteiger partial charge is 0.322 e. The number of aryl methyl sites for hydroxylation is 1. The third-order valence-corrected chi connectivity index (χ3v) is 3.31. The van der Waals surface area contributed by atoms with Crippen molar-refractivity contribution in [2.45, 2.75) is 19.9 Å². The van der Waals surface area contributed by atoms with E-state index < -0.39 is 0 Å². The van der Waals surface area contributed by atoms with E-state index in [1.807, 2.05) is 25.3 Å². The van der Waals surface area contributed by atoms with Crippen LogP contribution < -0.4 is 5.73 Å². The first-order valence-corrected chi connectivity index (χ1v) is 5.63. The number of thiazole rings is 1. The third-order valence-electron chi connectivity index (χ3n) is 2.14. The molecule has 2 heterocycles. The molecule has 0 radical (unpaired) electrons. The Morgan fingerprint density at radius 2 is 2.27 bits per heavy atom. The predicted molar refractivity (Wildman–Crippen MR) is 62.7 cm³/mol. The van der Waals surface area contributed by atoms with E-state index >= 15 is 0 Å². The molecule has 0 bridgehead atoms. The number of hydrogen-bond donors (Lipinski definition) is 1. The molecule has 1 atom stereocenters. The molecule has 2 rings (SSSR count). The van der Waals surface area contributed by atoms with E-state index in [1.54, 1.807) is 17.5 Å². The Labute approximate surface area is 93.0 Å². The lowest BCUT2D eigenvalue weighted by Crippen LogP contribution is -2.03. The summed E-state index contributed by atoms with van der Waals surface area (Å²) in [7, 11) is 0. The van der Waals surface area contributed by atoms with Gasteiger partial charge in [0.05, 0.1) is 11.7 Å². The number of hydrogen-bond acceptors (Lipinski definition) is 4. The van der Waals surface area contributed by atoms with Gasteiger partial charge in [-0.15, -0.1) is 11.3 Å². The van der Waals surface area contributed by atoms with E-state index in [1.165, 1.54) is 4.88 Å². The van der Waals surface area contributed by atoms with Gasteiger partial charge in [-0.3, -0.25) is 4.98 Å². The molecule has 15 heavy (non-hydrogen) atoms. The molecule has 2 aromatic heterocycles. The van der Waals surface area contributed by atoms with Gasteiger partial charge in [-0.05, 0) is 26.0 Å². The van der Waals surface area contributed by atoms with Crippen molar-refractivity contribution in [3.63, 3.8) is 0 Å². The molecule has 0 spiro atoms. The van der Waals surface area contributed by atoms with Crippen LogP contribution in [0.4, 0.5) is 0 Å². The van der Waals surface area contributed by atoms with Gasteiger partial charge >= 0.3 is 0 Å². The van der Waals surface area contributed by atoms with Crippen LogP contribution in [-0.4, -0.2) is 9.97 Å². The second-order valence-electron chi connectivity index (χ2n) is 3.49. The summed E-state index contributed by atoms with van der Waals surface area (Å²) in [5.74, 6) is 0. The lowest BCUT2D eigenvalue weighted by atomic mass is 10.2. The van der Waals surface area contributed by atoms with Crippen molar-refractivity contribution < 1.29 is 0 Å². The summed E-state index contributed by atoms with van der Waals surface area (Å²) < 4.78 is 0. The minimum absolute atomic E-state index is 0.000813. The SMILES string of the molecule is Cc1sc(C(C)N)nc1-c1cccnc1. The lowest BCUT2D eigenvalue weighted by Gasteiger charge is -1.97. The molecule has 0 saturated heterocycles. The number of nitrogens with zero attached hydrogens (tertiary/aromatic N) is 2. The van der Waals surface area contributed by atoms with Crippen LogP contribution in [0.3, 0.4) is 0 Å². The second-order valence-corrected chi connectivity index (χ2v) is 4.72. The number of nitrogens with two attached hydrogens (primary N) is 1. The third kappa shape index (κ3) is 2.06. The highest BCUT2D eigenvalue weighted by molar-refractivity contribution is 7.12. The van der Waals surface area contributed by atoms with Crippen LogP contribution >= 0.6 is 11.3 Å². The van der Waals surface area contributed by atoms with E-state index in [-0.39, 0.29) is 6.04 Å². The van der Waals surface area contributed by atoms with Crippen molar-refractivity contribution >= 4 is 11.3 Å². The molecule has 0 aliphatic heterocycles. The van der Waals surface area contributed by atoms with E-state index in [9.17, 15) is 0 Å². The average Bonchev–Trinajstić information content (AvgIpc) is 2.62. The summed E-state index contributed by atoms with van der Waals surface area (Å²) in [6.45, 7) is 4.01. The number of pyridine rings is 1. The zero-order chi connectivity index (χ0) is 10.8. The molecule has 1 unspecified atom stereocenters. The van der Waals surface area contributed by atoms with E-state index in [2.05, 4.69) is 16.9 Å². The number of rotatable bonds is 2. The molecule has 0 saturated carbocycles. The Balaban J connectivity index is 2.45. The summed E-state index contributed by atoms with van der Waals surface area (Å²) in [5.41, 5.74) is 7.86. The Morgan fingerprint density at radius 1 is 1.47 bits per heavy atom. The minimum Gasteiger partial charge on any atom is -0.322 e. The molecule has 78 valence electrons. The predicted octanol–water partition coefficient (Wildman–Crippen LogP) is 2.53. The topological polar surface area (TPSA) is 51.8 Å². The maximum absolute atomic E-state index is 5.81. The van der Waals surface area contributed by atoms with Crippen molar-refractivity contribution in [1.82, 2.24) is 9.97 Å². The summed E-state index contributed by atoms with van der Waals surface area (Å²) in [5, 5.41) is 0.978. The standard InChI is InChI=1S/C11H13N3S/c1-7(12)11-14-10(8(2)15-11)9-4-3-5-13-6-9/h3-7H,12H2,1-2H3. The van der Waals surface area contributed by atoms with Gasteiger partial charge in [0.15, 0.2) is 0 Å². The first-order valence-electron chi connectivity index (χ1n) is 4.82. The van der Waals surface area contributed by atoms with Gasteiger partial charge < -0.3 is 5.73 Å². The molecule has 2 aromatic rings. The number of aromatic nitrogens is 2. The van der Waals surface area contributed by atoms with Crippen LogP contribution in [0.5, 0.6) is 0 Å². The Bertz CT molecular complexity index is 448. The van der Waals surface area contributed by atoms with E-state index in [0.29, 0.717) is 0 Å². The van der Waals surface area contributed by atoms with Crippen molar-refractivity contribution in [2.75, 3.05) is 0 Å². The Morgan fingerprint density at radius 3 is 2.80 bits per heavy atom. The average molecular weight is 219 g/mol. The Hall–Kier alpha value is -1.26.